The molecule has 0 saturated carbocycles. The van der Waals surface area contributed by atoms with Gasteiger partial charge in [0.05, 0.1) is 23.4 Å². The van der Waals surface area contributed by atoms with Crippen LogP contribution in [0.5, 0.6) is 0 Å². The summed E-state index contributed by atoms with van der Waals surface area (Å²) in [6, 6.07) is 5.54. The number of fused-ring (bicyclic) bond motifs is 1. The van der Waals surface area contributed by atoms with Crippen LogP contribution in [0.25, 0.3) is 10.9 Å². The number of aromatic nitrogens is 2. The molecule has 1 unspecified atom stereocenters. The van der Waals surface area contributed by atoms with Crippen LogP contribution in [0.1, 0.15) is 13.1 Å². The van der Waals surface area contributed by atoms with Gasteiger partial charge in [0.25, 0.3) is 5.56 Å². The van der Waals surface area contributed by atoms with Gasteiger partial charge in [-0.3, -0.25) is 9.36 Å². The van der Waals surface area contributed by atoms with Crippen LogP contribution in [0.3, 0.4) is 0 Å². The average Bonchev–Trinajstić information content (AvgIpc) is 2.28. The van der Waals surface area contributed by atoms with E-state index in [4.69, 9.17) is 0 Å². The van der Waals surface area contributed by atoms with Crippen molar-refractivity contribution in [2.24, 2.45) is 0 Å². The van der Waals surface area contributed by atoms with Gasteiger partial charge in [-0.2, -0.15) is 0 Å². The van der Waals surface area contributed by atoms with Gasteiger partial charge in [0.1, 0.15) is 0 Å². The van der Waals surface area contributed by atoms with Gasteiger partial charge in [0.2, 0.25) is 0 Å². The van der Waals surface area contributed by atoms with Crippen molar-refractivity contribution in [2.75, 3.05) is 7.05 Å². The summed E-state index contributed by atoms with van der Waals surface area (Å²) in [5.74, 6) is 0. The summed E-state index contributed by atoms with van der Waals surface area (Å²) >= 11 is 3.38. The topological polar surface area (TPSA) is 46.9 Å². The summed E-state index contributed by atoms with van der Waals surface area (Å²) < 4.78 is 2.35. The second kappa shape index (κ2) is 4.35. The Morgan fingerprint density at radius 3 is 2.94 bits per heavy atom. The second-order valence-electron chi connectivity index (χ2n) is 3.56. The van der Waals surface area contributed by atoms with Crippen molar-refractivity contribution in [3.05, 3.63) is 39.4 Å². The molecule has 5 heteroatoms. The van der Waals surface area contributed by atoms with Crippen LogP contribution in [0, 0.1) is 0 Å². The summed E-state index contributed by atoms with van der Waals surface area (Å²) in [5, 5.41) is 3.63. The maximum atomic E-state index is 12.2. The zero-order valence-electron chi connectivity index (χ0n) is 9.07. The molecule has 0 radical (unpaired) electrons. The van der Waals surface area contributed by atoms with Gasteiger partial charge < -0.3 is 5.32 Å². The number of halogens is 1. The lowest BCUT2D eigenvalue weighted by Crippen LogP contribution is -2.30. The molecule has 84 valence electrons. The van der Waals surface area contributed by atoms with Gasteiger partial charge in [0.15, 0.2) is 0 Å². The van der Waals surface area contributed by atoms with E-state index >= 15 is 0 Å². The quantitative estimate of drug-likeness (QED) is 0.915. The zero-order valence-corrected chi connectivity index (χ0v) is 10.7. The van der Waals surface area contributed by atoms with E-state index in [1.807, 2.05) is 25.1 Å². The van der Waals surface area contributed by atoms with Crippen LogP contribution in [0.2, 0.25) is 0 Å². The molecule has 1 aromatic carbocycles. The molecule has 0 saturated heterocycles. The first-order valence-electron chi connectivity index (χ1n) is 4.97. The third kappa shape index (κ3) is 1.76. The SMILES string of the molecule is CNC(C)n1cnc2cccc(Br)c2c1=O. The monoisotopic (exact) mass is 281 g/mol. The van der Waals surface area contributed by atoms with Crippen molar-refractivity contribution in [3.63, 3.8) is 0 Å². The second-order valence-corrected chi connectivity index (χ2v) is 4.41. The Labute approximate surface area is 101 Å². The molecular weight excluding hydrogens is 270 g/mol. The van der Waals surface area contributed by atoms with Crippen LogP contribution >= 0.6 is 15.9 Å². The Morgan fingerprint density at radius 1 is 1.50 bits per heavy atom. The van der Waals surface area contributed by atoms with Gasteiger partial charge in [-0.05, 0) is 42.0 Å². The third-order valence-electron chi connectivity index (χ3n) is 2.60. The fourth-order valence-electron chi connectivity index (χ4n) is 1.55. The van der Waals surface area contributed by atoms with Gasteiger partial charge >= 0.3 is 0 Å². The van der Waals surface area contributed by atoms with Crippen molar-refractivity contribution < 1.29 is 0 Å². The number of benzene rings is 1. The van der Waals surface area contributed by atoms with Gasteiger partial charge in [-0.1, -0.05) is 6.07 Å². The Balaban J connectivity index is 2.79. The highest BCUT2D eigenvalue weighted by Gasteiger charge is 2.10. The van der Waals surface area contributed by atoms with Gasteiger partial charge in [-0.25, -0.2) is 4.98 Å². The lowest BCUT2D eigenvalue weighted by Gasteiger charge is -2.14. The van der Waals surface area contributed by atoms with Crippen LogP contribution in [-0.4, -0.2) is 16.6 Å². The highest BCUT2D eigenvalue weighted by Crippen LogP contribution is 2.18. The molecule has 16 heavy (non-hydrogen) atoms. The molecule has 0 aliphatic rings. The number of nitrogens with zero attached hydrogens (tertiary/aromatic N) is 2. The summed E-state index contributed by atoms with van der Waals surface area (Å²) in [6.45, 7) is 1.91. The fourth-order valence-corrected chi connectivity index (χ4v) is 2.08. The lowest BCUT2D eigenvalue weighted by atomic mass is 10.2. The van der Waals surface area contributed by atoms with Crippen LogP contribution in [-0.2, 0) is 0 Å². The molecule has 1 aromatic heterocycles. The summed E-state index contributed by atoms with van der Waals surface area (Å²) in [4.78, 5) is 16.5. The number of hydrogen-bond acceptors (Lipinski definition) is 3. The van der Waals surface area contributed by atoms with Crippen molar-refractivity contribution in [1.82, 2.24) is 14.9 Å². The largest absolute Gasteiger partial charge is 0.300 e. The van der Waals surface area contributed by atoms with Crippen molar-refractivity contribution >= 4 is 26.8 Å². The molecule has 1 atom stereocenters. The molecule has 0 spiro atoms. The van der Waals surface area contributed by atoms with Gasteiger partial charge in [0, 0.05) is 4.47 Å². The normalized spacial score (nSPS) is 12.9. The number of nitrogens with one attached hydrogen (secondary N) is 1. The predicted molar refractivity (Wildman–Crippen MR) is 67.5 cm³/mol. The fraction of sp³-hybridized carbons (Fsp3) is 0.273. The first kappa shape index (κ1) is 11.3. The molecule has 0 aliphatic carbocycles. The van der Waals surface area contributed by atoms with E-state index < -0.39 is 0 Å². The van der Waals surface area contributed by atoms with Crippen molar-refractivity contribution in [3.8, 4) is 0 Å². The smallest absolute Gasteiger partial charge is 0.263 e. The Hall–Kier alpha value is -1.20. The number of hydrogen-bond donors (Lipinski definition) is 1. The molecule has 0 aliphatic heterocycles. The molecule has 0 fully saturated rings. The Morgan fingerprint density at radius 2 is 2.25 bits per heavy atom. The minimum atomic E-state index is -0.0727. The minimum Gasteiger partial charge on any atom is -0.300 e. The van der Waals surface area contributed by atoms with E-state index in [0.717, 1.165) is 4.47 Å². The third-order valence-corrected chi connectivity index (χ3v) is 3.26. The van der Waals surface area contributed by atoms with Crippen LogP contribution in [0.4, 0.5) is 0 Å². The molecule has 4 nitrogen and oxygen atoms in total. The molecule has 2 aromatic rings. The van der Waals surface area contributed by atoms with Crippen LogP contribution < -0.4 is 10.9 Å². The molecule has 1 N–H and O–H groups in total. The summed E-state index contributed by atoms with van der Waals surface area (Å²) in [7, 11) is 1.81. The highest BCUT2D eigenvalue weighted by atomic mass is 79.9. The Bertz CT molecular complexity index is 579. The molecule has 2 rings (SSSR count). The average molecular weight is 282 g/mol. The first-order valence-corrected chi connectivity index (χ1v) is 5.77. The Kier molecular flexibility index (Phi) is 3.07. The predicted octanol–water partition coefficient (Wildman–Crippen LogP) is 1.90. The van der Waals surface area contributed by atoms with E-state index in [1.54, 1.807) is 17.9 Å². The maximum absolute atomic E-state index is 12.2. The number of rotatable bonds is 2. The zero-order chi connectivity index (χ0) is 11.7. The first-order chi connectivity index (χ1) is 7.65. The van der Waals surface area contributed by atoms with Crippen LogP contribution in [0.15, 0.2) is 33.8 Å². The minimum absolute atomic E-state index is 0.0423. The van der Waals surface area contributed by atoms with E-state index in [0.29, 0.717) is 10.9 Å². The van der Waals surface area contributed by atoms with E-state index in [-0.39, 0.29) is 11.7 Å². The standard InChI is InChI=1S/C11H12BrN3O/c1-7(13-2)15-6-14-9-5-3-4-8(12)10(9)11(15)16/h3-7,13H,1-2H3. The van der Waals surface area contributed by atoms with Crippen molar-refractivity contribution in [2.45, 2.75) is 13.1 Å². The van der Waals surface area contributed by atoms with Crippen molar-refractivity contribution in [1.29, 1.82) is 0 Å². The van der Waals surface area contributed by atoms with E-state index in [2.05, 4.69) is 26.2 Å². The summed E-state index contributed by atoms with van der Waals surface area (Å²) in [5.41, 5.74) is 0.665. The lowest BCUT2D eigenvalue weighted by molar-refractivity contribution is 0.460. The van der Waals surface area contributed by atoms with E-state index in [1.165, 1.54) is 0 Å². The van der Waals surface area contributed by atoms with Gasteiger partial charge in [-0.15, -0.1) is 0 Å². The summed E-state index contributed by atoms with van der Waals surface area (Å²) in [6.07, 6.45) is 1.50. The molecule has 1 heterocycles. The molecule has 0 bridgehead atoms. The molecular formula is C11H12BrN3O. The van der Waals surface area contributed by atoms with E-state index in [9.17, 15) is 4.79 Å². The maximum Gasteiger partial charge on any atom is 0.263 e. The molecule has 0 amide bonds. The highest BCUT2D eigenvalue weighted by molar-refractivity contribution is 9.10.